The third-order valence-corrected chi connectivity index (χ3v) is 5.90. The number of amides is 1. The lowest BCUT2D eigenvalue weighted by Gasteiger charge is -2.31. The summed E-state index contributed by atoms with van der Waals surface area (Å²) in [7, 11) is 0. The molecule has 4 rings (SSSR count). The van der Waals surface area contributed by atoms with Crippen molar-refractivity contribution in [2.24, 2.45) is 0 Å². The second kappa shape index (κ2) is 6.78. The highest BCUT2D eigenvalue weighted by Crippen LogP contribution is 2.44. The van der Waals surface area contributed by atoms with Crippen LogP contribution >= 0.6 is 11.8 Å². The van der Waals surface area contributed by atoms with Gasteiger partial charge in [-0.1, -0.05) is 25.6 Å². The minimum absolute atomic E-state index is 0.103. The molecule has 0 bridgehead atoms. The number of nitrogen functional groups attached to an aromatic ring is 1. The molecule has 3 heterocycles. The van der Waals surface area contributed by atoms with Gasteiger partial charge in [0.1, 0.15) is 0 Å². The number of aliphatic hydroxyl groups is 1. The van der Waals surface area contributed by atoms with Crippen LogP contribution in [0.3, 0.4) is 0 Å². The van der Waals surface area contributed by atoms with Gasteiger partial charge in [0.2, 0.25) is 5.95 Å². The smallest absolute Gasteiger partial charge is 0.274 e. The van der Waals surface area contributed by atoms with E-state index >= 15 is 0 Å². The van der Waals surface area contributed by atoms with E-state index in [0.717, 1.165) is 22.5 Å². The summed E-state index contributed by atoms with van der Waals surface area (Å²) < 4.78 is 1.65. The molecule has 0 saturated heterocycles. The zero-order valence-corrected chi connectivity index (χ0v) is 16.8. The largest absolute Gasteiger partial charge is 0.394 e. The maximum Gasteiger partial charge on any atom is 0.274 e. The summed E-state index contributed by atoms with van der Waals surface area (Å²) in [6, 6.07) is 0. The topological polar surface area (TPSA) is 131 Å². The molecule has 28 heavy (non-hydrogen) atoms. The van der Waals surface area contributed by atoms with Crippen LogP contribution in [-0.4, -0.2) is 42.9 Å². The predicted octanol–water partition coefficient (Wildman–Crippen LogP) is 0.959. The number of hydrogen-bond donors (Lipinski definition) is 4. The Morgan fingerprint density at radius 1 is 1.54 bits per heavy atom. The molecular weight excluding hydrogens is 378 g/mol. The maximum atomic E-state index is 13.1. The Kier molecular flexibility index (Phi) is 4.54. The average molecular weight is 401 g/mol. The van der Waals surface area contributed by atoms with Crippen molar-refractivity contribution in [3.8, 4) is 11.4 Å². The summed E-state index contributed by atoms with van der Waals surface area (Å²) in [5.74, 6) is -0.0974. The first-order chi connectivity index (χ1) is 13.3. The van der Waals surface area contributed by atoms with Crippen LogP contribution in [-0.2, 0) is 18.4 Å². The number of anilines is 1. The minimum atomic E-state index is -0.355. The van der Waals surface area contributed by atoms with Gasteiger partial charge in [0, 0.05) is 17.5 Å². The zero-order valence-electron chi connectivity index (χ0n) is 16.0. The Hall–Kier alpha value is -2.59. The molecule has 1 amide bonds. The number of carbonyl (C=O) groups excluding carboxylic acids is 1. The quantitative estimate of drug-likeness (QED) is 0.596. The van der Waals surface area contributed by atoms with Gasteiger partial charge in [0.05, 0.1) is 24.5 Å². The highest BCUT2D eigenvalue weighted by Gasteiger charge is 2.40. The highest BCUT2D eigenvalue weighted by atomic mass is 32.2. The Bertz CT molecular complexity index is 983. The van der Waals surface area contributed by atoms with Gasteiger partial charge < -0.3 is 21.5 Å². The number of aromatic nitrogens is 4. The van der Waals surface area contributed by atoms with Gasteiger partial charge in [-0.05, 0) is 29.7 Å². The first-order valence-electron chi connectivity index (χ1n) is 9.03. The number of fused-ring (bicyclic) bond motifs is 3. The molecule has 10 heteroatoms. The van der Waals surface area contributed by atoms with Crippen molar-refractivity contribution in [1.29, 1.82) is 0 Å². The molecule has 1 aliphatic carbocycles. The normalized spacial score (nSPS) is 19.4. The van der Waals surface area contributed by atoms with E-state index in [1.807, 2.05) is 12.3 Å². The number of nitrogens with one attached hydrogen (secondary N) is 2. The van der Waals surface area contributed by atoms with Crippen molar-refractivity contribution in [3.05, 3.63) is 34.1 Å². The maximum absolute atomic E-state index is 13.1. The minimum Gasteiger partial charge on any atom is -0.394 e. The molecule has 148 valence electrons. The highest BCUT2D eigenvalue weighted by molar-refractivity contribution is 8.02. The standard InChI is InChI=1S/C18H23N7O2S/c1-9-8-28-17(21-9)23-15(27)13-11-14(25(24-13)4-5-26)12-10(6-18(11,2)3)7-20-16(19)22-12/h7-8,17,21,26H,4-6H2,1-3H3,(H,23,27)(H2,19,20,22). The lowest BCUT2D eigenvalue weighted by molar-refractivity contribution is 0.0938. The molecule has 0 spiro atoms. The van der Waals surface area contributed by atoms with Crippen LogP contribution in [0.25, 0.3) is 11.4 Å². The fourth-order valence-electron chi connectivity index (χ4n) is 3.78. The van der Waals surface area contributed by atoms with Crippen LogP contribution in [0.2, 0.25) is 0 Å². The van der Waals surface area contributed by atoms with Crippen molar-refractivity contribution < 1.29 is 9.90 Å². The van der Waals surface area contributed by atoms with Crippen LogP contribution in [0.4, 0.5) is 5.95 Å². The number of nitrogens with zero attached hydrogens (tertiary/aromatic N) is 4. The van der Waals surface area contributed by atoms with E-state index in [0.29, 0.717) is 17.8 Å². The molecule has 2 aliphatic rings. The van der Waals surface area contributed by atoms with E-state index in [4.69, 9.17) is 5.73 Å². The SMILES string of the molecule is CC1=CSC(NC(=O)c2nn(CCO)c3c2C(C)(C)Cc2cnc(N)nc2-3)N1. The van der Waals surface area contributed by atoms with Gasteiger partial charge in [-0.15, -0.1) is 0 Å². The van der Waals surface area contributed by atoms with Gasteiger partial charge in [-0.2, -0.15) is 5.10 Å². The third kappa shape index (κ3) is 3.12. The lowest BCUT2D eigenvalue weighted by atomic mass is 9.73. The second-order valence-electron chi connectivity index (χ2n) is 7.62. The Morgan fingerprint density at radius 2 is 2.32 bits per heavy atom. The van der Waals surface area contributed by atoms with Crippen molar-refractivity contribution in [1.82, 2.24) is 30.4 Å². The second-order valence-corrected chi connectivity index (χ2v) is 8.60. The van der Waals surface area contributed by atoms with Crippen LogP contribution in [0.15, 0.2) is 17.3 Å². The molecule has 0 aromatic carbocycles. The number of allylic oxidation sites excluding steroid dienone is 1. The summed E-state index contributed by atoms with van der Waals surface area (Å²) >= 11 is 1.50. The summed E-state index contributed by atoms with van der Waals surface area (Å²) in [6.07, 6.45) is 2.39. The molecule has 0 fully saturated rings. The monoisotopic (exact) mass is 401 g/mol. The fourth-order valence-corrected chi connectivity index (χ4v) is 4.62. The van der Waals surface area contributed by atoms with Gasteiger partial charge in [0.15, 0.2) is 11.2 Å². The van der Waals surface area contributed by atoms with Gasteiger partial charge in [-0.3, -0.25) is 9.48 Å². The average Bonchev–Trinajstić information content (AvgIpc) is 3.20. The summed E-state index contributed by atoms with van der Waals surface area (Å²) in [5, 5.41) is 22.2. The van der Waals surface area contributed by atoms with Crippen LogP contribution in [0, 0.1) is 0 Å². The van der Waals surface area contributed by atoms with E-state index in [1.54, 1.807) is 10.9 Å². The van der Waals surface area contributed by atoms with Crippen molar-refractivity contribution in [3.63, 3.8) is 0 Å². The van der Waals surface area contributed by atoms with E-state index in [9.17, 15) is 9.90 Å². The Balaban J connectivity index is 1.82. The van der Waals surface area contributed by atoms with Crippen LogP contribution in [0.5, 0.6) is 0 Å². The number of thioether (sulfide) groups is 1. The Morgan fingerprint density at radius 3 is 3.00 bits per heavy atom. The first kappa shape index (κ1) is 18.8. The van der Waals surface area contributed by atoms with E-state index in [1.165, 1.54) is 11.8 Å². The Labute approximate surface area is 166 Å². The molecule has 2 aromatic rings. The predicted molar refractivity (Wildman–Crippen MR) is 107 cm³/mol. The summed E-state index contributed by atoms with van der Waals surface area (Å²) in [5.41, 5.74) is 9.75. The van der Waals surface area contributed by atoms with Crippen molar-refractivity contribution in [2.75, 3.05) is 12.3 Å². The number of carbonyl (C=O) groups is 1. The fraction of sp³-hybridized carbons (Fsp3) is 0.444. The summed E-state index contributed by atoms with van der Waals surface area (Å²) in [4.78, 5) is 21.6. The molecule has 1 aliphatic heterocycles. The zero-order chi connectivity index (χ0) is 20.1. The third-order valence-electron chi connectivity index (χ3n) is 4.90. The van der Waals surface area contributed by atoms with E-state index in [2.05, 4.69) is 39.5 Å². The number of nitrogens with two attached hydrogens (primary N) is 1. The molecule has 2 aromatic heterocycles. The lowest BCUT2D eigenvalue weighted by Crippen LogP contribution is -2.41. The first-order valence-corrected chi connectivity index (χ1v) is 9.98. The van der Waals surface area contributed by atoms with E-state index < -0.39 is 0 Å². The van der Waals surface area contributed by atoms with Crippen LogP contribution in [0.1, 0.15) is 42.4 Å². The molecule has 5 N–H and O–H groups in total. The number of rotatable bonds is 4. The van der Waals surface area contributed by atoms with Crippen molar-refractivity contribution >= 4 is 23.6 Å². The molecule has 0 saturated carbocycles. The number of hydrogen-bond acceptors (Lipinski definition) is 8. The molecule has 1 atom stereocenters. The van der Waals surface area contributed by atoms with Gasteiger partial charge >= 0.3 is 0 Å². The molecule has 0 radical (unpaired) electrons. The summed E-state index contributed by atoms with van der Waals surface area (Å²) in [6.45, 7) is 6.24. The molecular formula is C18H23N7O2S. The molecule has 1 unspecified atom stereocenters. The molecule has 9 nitrogen and oxygen atoms in total. The van der Waals surface area contributed by atoms with Gasteiger partial charge in [-0.25, -0.2) is 9.97 Å². The number of aliphatic hydroxyl groups excluding tert-OH is 1. The van der Waals surface area contributed by atoms with Crippen LogP contribution < -0.4 is 16.4 Å². The van der Waals surface area contributed by atoms with E-state index in [-0.39, 0.29) is 35.9 Å². The van der Waals surface area contributed by atoms with Crippen molar-refractivity contribution in [2.45, 2.75) is 44.6 Å². The van der Waals surface area contributed by atoms with Gasteiger partial charge in [0.25, 0.3) is 5.91 Å².